The zero-order valence-corrected chi connectivity index (χ0v) is 14.0. The summed E-state index contributed by atoms with van der Waals surface area (Å²) >= 11 is 0. The fraction of sp³-hybridized carbons (Fsp3) is 0.684. The molecule has 0 heterocycles. The van der Waals surface area contributed by atoms with E-state index in [2.05, 4.69) is 20.8 Å². The molecule has 1 aromatic carbocycles. The number of phenolic OH excluding ortho intramolecular Hbond substituents is 1. The molecule has 0 aliphatic heterocycles. The van der Waals surface area contributed by atoms with Crippen molar-refractivity contribution in [3.8, 4) is 11.5 Å². The van der Waals surface area contributed by atoms with Crippen molar-refractivity contribution in [2.45, 2.75) is 84.2 Å². The molecule has 1 N–H and O–H groups in total. The molecule has 0 atom stereocenters. The third-order valence-electron chi connectivity index (χ3n) is 4.13. The Labute approximate surface area is 130 Å². The van der Waals surface area contributed by atoms with Crippen LogP contribution >= 0.6 is 0 Å². The van der Waals surface area contributed by atoms with Gasteiger partial charge in [-0.05, 0) is 62.8 Å². The zero-order valence-electron chi connectivity index (χ0n) is 14.0. The summed E-state index contributed by atoms with van der Waals surface area (Å²) in [7, 11) is 0. The highest BCUT2D eigenvalue weighted by Crippen LogP contribution is 2.33. The van der Waals surface area contributed by atoms with E-state index in [1.165, 1.54) is 38.5 Å². The minimum absolute atomic E-state index is 0.0288. The number of aromatic hydroxyl groups is 1. The molecule has 0 spiro atoms. The van der Waals surface area contributed by atoms with Crippen molar-refractivity contribution in [2.24, 2.45) is 0 Å². The highest BCUT2D eigenvalue weighted by molar-refractivity contribution is 5.30. The minimum atomic E-state index is -0.0288. The SMILES string of the molecule is CCCCC(CCCC)(CCCC)Oc1ccc(O)cc1. The molecule has 0 aliphatic carbocycles. The van der Waals surface area contributed by atoms with E-state index in [0.717, 1.165) is 25.0 Å². The lowest BCUT2D eigenvalue weighted by Crippen LogP contribution is -2.36. The van der Waals surface area contributed by atoms with Gasteiger partial charge in [-0.25, -0.2) is 0 Å². The number of phenols is 1. The van der Waals surface area contributed by atoms with Crippen LogP contribution in [0, 0.1) is 0 Å². The first-order valence-electron chi connectivity index (χ1n) is 8.64. The monoisotopic (exact) mass is 292 g/mol. The number of ether oxygens (including phenoxy) is 1. The third kappa shape index (κ3) is 6.41. The first-order chi connectivity index (χ1) is 10.2. The molecule has 0 saturated heterocycles. The molecule has 1 aromatic rings. The highest BCUT2D eigenvalue weighted by atomic mass is 16.5. The summed E-state index contributed by atoms with van der Waals surface area (Å²) in [5.41, 5.74) is -0.0288. The van der Waals surface area contributed by atoms with E-state index in [4.69, 9.17) is 4.74 Å². The second-order valence-electron chi connectivity index (χ2n) is 6.09. The maximum atomic E-state index is 9.42. The average Bonchev–Trinajstić information content (AvgIpc) is 2.51. The molecule has 0 bridgehead atoms. The van der Waals surface area contributed by atoms with Crippen molar-refractivity contribution in [3.63, 3.8) is 0 Å². The number of unbranched alkanes of at least 4 members (excludes halogenated alkanes) is 3. The van der Waals surface area contributed by atoms with Crippen LogP contribution in [0.3, 0.4) is 0 Å². The van der Waals surface area contributed by atoms with Gasteiger partial charge in [-0.2, -0.15) is 0 Å². The van der Waals surface area contributed by atoms with Crippen LogP contribution in [0.15, 0.2) is 24.3 Å². The van der Waals surface area contributed by atoms with Gasteiger partial charge < -0.3 is 9.84 Å². The number of rotatable bonds is 11. The molecular weight excluding hydrogens is 260 g/mol. The highest BCUT2D eigenvalue weighted by Gasteiger charge is 2.30. The lowest BCUT2D eigenvalue weighted by Gasteiger charge is -2.35. The second kappa shape index (κ2) is 9.70. The van der Waals surface area contributed by atoms with Gasteiger partial charge >= 0.3 is 0 Å². The molecule has 1 rings (SSSR count). The molecule has 2 nitrogen and oxygen atoms in total. The topological polar surface area (TPSA) is 29.5 Å². The van der Waals surface area contributed by atoms with E-state index in [9.17, 15) is 5.11 Å². The Hall–Kier alpha value is -1.18. The summed E-state index contributed by atoms with van der Waals surface area (Å²) in [5, 5.41) is 9.42. The third-order valence-corrected chi connectivity index (χ3v) is 4.13. The summed E-state index contributed by atoms with van der Waals surface area (Å²) in [4.78, 5) is 0. The molecule has 0 radical (unpaired) electrons. The number of benzene rings is 1. The molecular formula is C19H32O2. The van der Waals surface area contributed by atoms with Crippen LogP contribution < -0.4 is 4.74 Å². The smallest absolute Gasteiger partial charge is 0.120 e. The summed E-state index contributed by atoms with van der Waals surface area (Å²) in [6, 6.07) is 7.18. The Morgan fingerprint density at radius 1 is 0.810 bits per heavy atom. The van der Waals surface area contributed by atoms with Crippen LogP contribution in [-0.2, 0) is 0 Å². The van der Waals surface area contributed by atoms with Gasteiger partial charge in [-0.3, -0.25) is 0 Å². The van der Waals surface area contributed by atoms with Crippen molar-refractivity contribution in [2.75, 3.05) is 0 Å². The Kier molecular flexibility index (Phi) is 8.26. The van der Waals surface area contributed by atoms with E-state index in [1.807, 2.05) is 12.1 Å². The standard InChI is InChI=1S/C19H32O2/c1-4-7-14-19(15-8-5-2,16-9-6-3)21-18-12-10-17(20)11-13-18/h10-13,20H,4-9,14-16H2,1-3H3. The van der Waals surface area contributed by atoms with Gasteiger partial charge in [0, 0.05) is 0 Å². The fourth-order valence-corrected chi connectivity index (χ4v) is 2.79. The summed E-state index contributed by atoms with van der Waals surface area (Å²) in [5.74, 6) is 1.18. The predicted molar refractivity (Wildman–Crippen MR) is 90.0 cm³/mol. The summed E-state index contributed by atoms with van der Waals surface area (Å²) in [6.07, 6.45) is 10.7. The van der Waals surface area contributed by atoms with Gasteiger partial charge in [0.1, 0.15) is 17.1 Å². The normalized spacial score (nSPS) is 11.6. The van der Waals surface area contributed by atoms with E-state index < -0.39 is 0 Å². The molecule has 0 aliphatic rings. The minimum Gasteiger partial charge on any atom is -0.508 e. The molecule has 21 heavy (non-hydrogen) atoms. The molecule has 0 saturated carbocycles. The van der Waals surface area contributed by atoms with Gasteiger partial charge in [0.15, 0.2) is 0 Å². The van der Waals surface area contributed by atoms with Crippen LogP contribution in [0.5, 0.6) is 11.5 Å². The average molecular weight is 292 g/mol. The second-order valence-corrected chi connectivity index (χ2v) is 6.09. The van der Waals surface area contributed by atoms with Crippen LogP contribution in [-0.4, -0.2) is 10.7 Å². The predicted octanol–water partition coefficient (Wildman–Crippen LogP) is 6.08. The van der Waals surface area contributed by atoms with Crippen LogP contribution in [0.25, 0.3) is 0 Å². The van der Waals surface area contributed by atoms with Crippen molar-refractivity contribution in [1.82, 2.24) is 0 Å². The molecule has 0 aromatic heterocycles. The van der Waals surface area contributed by atoms with Gasteiger partial charge in [-0.1, -0.05) is 40.0 Å². The van der Waals surface area contributed by atoms with Crippen LogP contribution in [0.4, 0.5) is 0 Å². The van der Waals surface area contributed by atoms with Gasteiger partial charge in [0.05, 0.1) is 0 Å². The van der Waals surface area contributed by atoms with Crippen molar-refractivity contribution >= 4 is 0 Å². The van der Waals surface area contributed by atoms with Crippen LogP contribution in [0.1, 0.15) is 78.6 Å². The largest absolute Gasteiger partial charge is 0.508 e. The van der Waals surface area contributed by atoms with E-state index in [1.54, 1.807) is 12.1 Å². The van der Waals surface area contributed by atoms with E-state index >= 15 is 0 Å². The molecule has 0 fully saturated rings. The fourth-order valence-electron chi connectivity index (χ4n) is 2.79. The van der Waals surface area contributed by atoms with Crippen LogP contribution in [0.2, 0.25) is 0 Å². The van der Waals surface area contributed by atoms with E-state index in [-0.39, 0.29) is 5.60 Å². The van der Waals surface area contributed by atoms with Crippen molar-refractivity contribution in [1.29, 1.82) is 0 Å². The molecule has 120 valence electrons. The maximum absolute atomic E-state index is 9.42. The summed E-state index contributed by atoms with van der Waals surface area (Å²) < 4.78 is 6.45. The Morgan fingerprint density at radius 2 is 1.24 bits per heavy atom. The first kappa shape index (κ1) is 17.9. The van der Waals surface area contributed by atoms with Crippen molar-refractivity contribution < 1.29 is 9.84 Å². The van der Waals surface area contributed by atoms with E-state index in [0.29, 0.717) is 5.75 Å². The molecule has 0 amide bonds. The molecule has 2 heteroatoms. The van der Waals surface area contributed by atoms with Crippen molar-refractivity contribution in [3.05, 3.63) is 24.3 Å². The zero-order chi connectivity index (χ0) is 15.6. The lowest BCUT2D eigenvalue weighted by molar-refractivity contribution is 0.0346. The number of hydrogen-bond donors (Lipinski definition) is 1. The van der Waals surface area contributed by atoms with Gasteiger partial charge in [0.2, 0.25) is 0 Å². The summed E-state index contributed by atoms with van der Waals surface area (Å²) in [6.45, 7) is 6.72. The molecule has 0 unspecified atom stereocenters. The Bertz CT molecular complexity index is 348. The van der Waals surface area contributed by atoms with Gasteiger partial charge in [-0.15, -0.1) is 0 Å². The Morgan fingerprint density at radius 3 is 1.62 bits per heavy atom. The quantitative estimate of drug-likeness (QED) is 0.535. The lowest BCUT2D eigenvalue weighted by atomic mass is 9.85. The first-order valence-corrected chi connectivity index (χ1v) is 8.64. The maximum Gasteiger partial charge on any atom is 0.120 e. The number of hydrogen-bond acceptors (Lipinski definition) is 2. The Balaban J connectivity index is 2.85. The van der Waals surface area contributed by atoms with Gasteiger partial charge in [0.25, 0.3) is 0 Å².